The van der Waals surface area contributed by atoms with Crippen molar-refractivity contribution in [2.45, 2.75) is 57.7 Å². The Hall–Kier alpha value is -1.04. The lowest BCUT2D eigenvalue weighted by molar-refractivity contribution is -0.132. The summed E-state index contributed by atoms with van der Waals surface area (Å²) in [4.78, 5) is 4.14. The van der Waals surface area contributed by atoms with Crippen molar-refractivity contribution in [3.8, 4) is 0 Å². The molecular weight excluding hydrogens is 506 g/mol. The maximum Gasteiger partial charge on any atom is 0.390 e. The number of aryl methyl sites for hydroxylation is 2. The van der Waals surface area contributed by atoms with E-state index in [0.29, 0.717) is 13.0 Å². The average molecular weight is 535 g/mol. The summed E-state index contributed by atoms with van der Waals surface area (Å²) in [7, 11) is -3.54. The molecular formula is C18H29F3IN3O2S. The second-order valence-electron chi connectivity index (χ2n) is 6.40. The minimum Gasteiger partial charge on any atom is -0.357 e. The van der Waals surface area contributed by atoms with Crippen molar-refractivity contribution >= 4 is 39.8 Å². The molecule has 0 aliphatic rings. The van der Waals surface area contributed by atoms with Crippen LogP contribution < -0.4 is 10.6 Å². The zero-order valence-corrected chi connectivity index (χ0v) is 19.7. The summed E-state index contributed by atoms with van der Waals surface area (Å²) in [5.74, 6) is 0.0132. The molecule has 0 aromatic heterocycles. The summed E-state index contributed by atoms with van der Waals surface area (Å²) in [5.41, 5.74) is 1.89. The quantitative estimate of drug-likeness (QED) is 0.300. The van der Waals surface area contributed by atoms with Gasteiger partial charge < -0.3 is 10.6 Å². The smallest absolute Gasteiger partial charge is 0.357 e. The fraction of sp³-hybridized carbons (Fsp3) is 0.611. The van der Waals surface area contributed by atoms with Gasteiger partial charge in [-0.05, 0) is 50.5 Å². The summed E-state index contributed by atoms with van der Waals surface area (Å²) < 4.78 is 62.3. The van der Waals surface area contributed by atoms with E-state index in [2.05, 4.69) is 15.6 Å². The van der Waals surface area contributed by atoms with E-state index >= 15 is 0 Å². The predicted molar refractivity (Wildman–Crippen MR) is 117 cm³/mol. The van der Waals surface area contributed by atoms with Crippen LogP contribution in [0.1, 0.15) is 37.8 Å². The van der Waals surface area contributed by atoms with Crippen molar-refractivity contribution in [2.24, 2.45) is 4.99 Å². The van der Waals surface area contributed by atoms with E-state index in [0.717, 1.165) is 11.1 Å². The molecule has 1 aromatic carbocycles. The number of halogens is 4. The van der Waals surface area contributed by atoms with E-state index in [4.69, 9.17) is 0 Å². The molecule has 0 radical (unpaired) electrons. The maximum absolute atomic E-state index is 12.7. The van der Waals surface area contributed by atoms with E-state index in [1.165, 1.54) is 0 Å². The highest BCUT2D eigenvalue weighted by Gasteiger charge is 2.26. The lowest BCUT2D eigenvalue weighted by Crippen LogP contribution is -2.46. The second kappa shape index (κ2) is 11.8. The van der Waals surface area contributed by atoms with E-state index < -0.39 is 35.0 Å². The Morgan fingerprint density at radius 1 is 1.18 bits per heavy atom. The number of guanidine groups is 1. The zero-order valence-electron chi connectivity index (χ0n) is 16.6. The number of hydrogen-bond donors (Lipinski definition) is 2. The number of alkyl halides is 3. The van der Waals surface area contributed by atoms with E-state index in [1.807, 2.05) is 20.8 Å². The van der Waals surface area contributed by atoms with Gasteiger partial charge in [0.2, 0.25) is 0 Å². The van der Waals surface area contributed by atoms with Crippen LogP contribution in [0, 0.1) is 13.8 Å². The van der Waals surface area contributed by atoms with Gasteiger partial charge in [-0.2, -0.15) is 13.2 Å². The SMILES string of the molecule is CCNC(=NCCC(F)(F)F)NC(CC)CS(=O)(=O)c1ccc(C)c(C)c1.I. The molecule has 1 rings (SSSR count). The van der Waals surface area contributed by atoms with Crippen LogP contribution in [0.2, 0.25) is 0 Å². The highest BCUT2D eigenvalue weighted by Crippen LogP contribution is 2.19. The molecule has 2 N–H and O–H groups in total. The minimum atomic E-state index is -4.28. The largest absolute Gasteiger partial charge is 0.390 e. The molecule has 0 bridgehead atoms. The lowest BCUT2D eigenvalue weighted by atomic mass is 10.1. The molecule has 0 spiro atoms. The van der Waals surface area contributed by atoms with Crippen LogP contribution in [0.15, 0.2) is 28.1 Å². The number of sulfone groups is 1. The minimum absolute atomic E-state index is 0. The van der Waals surface area contributed by atoms with Crippen LogP contribution in [0.4, 0.5) is 13.2 Å². The van der Waals surface area contributed by atoms with E-state index in [-0.39, 0.29) is 40.6 Å². The normalized spacial score (nSPS) is 13.6. The zero-order chi connectivity index (χ0) is 20.7. The first-order chi connectivity index (χ1) is 12.5. The van der Waals surface area contributed by atoms with Gasteiger partial charge in [0.1, 0.15) is 0 Å². The predicted octanol–water partition coefficient (Wildman–Crippen LogP) is 3.98. The van der Waals surface area contributed by atoms with Gasteiger partial charge in [-0.15, -0.1) is 24.0 Å². The van der Waals surface area contributed by atoms with Gasteiger partial charge in [0.25, 0.3) is 0 Å². The van der Waals surface area contributed by atoms with Crippen LogP contribution in [-0.4, -0.2) is 45.4 Å². The number of aliphatic imine (C=N–C) groups is 1. The standard InChI is InChI=1S/C18H28F3N3O2S.HI/c1-5-15(24-17(22-6-2)23-10-9-18(19,20)21)12-27(25,26)16-8-7-13(3)14(4)11-16;/h7-8,11,15H,5-6,9-10,12H2,1-4H3,(H2,22,23,24);1H. The fourth-order valence-corrected chi connectivity index (χ4v) is 4.01. The van der Waals surface area contributed by atoms with Crippen molar-refractivity contribution in [1.29, 1.82) is 0 Å². The molecule has 10 heteroatoms. The molecule has 5 nitrogen and oxygen atoms in total. The molecule has 0 fully saturated rings. The van der Waals surface area contributed by atoms with Crippen molar-refractivity contribution in [2.75, 3.05) is 18.8 Å². The Kier molecular flexibility index (Phi) is 11.4. The monoisotopic (exact) mass is 535 g/mol. The Balaban J connectivity index is 0.00000729. The van der Waals surface area contributed by atoms with Gasteiger partial charge >= 0.3 is 6.18 Å². The van der Waals surface area contributed by atoms with Gasteiger partial charge in [-0.3, -0.25) is 4.99 Å². The number of benzene rings is 1. The maximum atomic E-state index is 12.7. The third kappa shape index (κ3) is 9.44. The first-order valence-corrected chi connectivity index (χ1v) is 10.5. The molecule has 0 saturated heterocycles. The van der Waals surface area contributed by atoms with E-state index in [1.54, 1.807) is 25.1 Å². The highest BCUT2D eigenvalue weighted by atomic mass is 127. The lowest BCUT2D eigenvalue weighted by Gasteiger charge is -2.20. The molecule has 162 valence electrons. The molecule has 0 aliphatic carbocycles. The van der Waals surface area contributed by atoms with Gasteiger partial charge in [-0.1, -0.05) is 13.0 Å². The first kappa shape index (κ1) is 27.0. The van der Waals surface area contributed by atoms with Crippen LogP contribution >= 0.6 is 24.0 Å². The number of nitrogens with one attached hydrogen (secondary N) is 2. The third-order valence-electron chi connectivity index (χ3n) is 4.10. The Morgan fingerprint density at radius 2 is 1.82 bits per heavy atom. The Morgan fingerprint density at radius 3 is 2.32 bits per heavy atom. The Bertz CT molecular complexity index is 753. The van der Waals surface area contributed by atoms with Crippen molar-refractivity contribution in [3.63, 3.8) is 0 Å². The summed E-state index contributed by atoms with van der Waals surface area (Å²) >= 11 is 0. The van der Waals surface area contributed by atoms with E-state index in [9.17, 15) is 21.6 Å². The molecule has 1 atom stereocenters. The second-order valence-corrected chi connectivity index (χ2v) is 8.44. The summed E-state index contributed by atoms with van der Waals surface area (Å²) in [5, 5.41) is 5.79. The number of hydrogen-bond acceptors (Lipinski definition) is 3. The van der Waals surface area contributed by atoms with Crippen LogP contribution in [0.5, 0.6) is 0 Å². The van der Waals surface area contributed by atoms with Crippen LogP contribution in [0.3, 0.4) is 0 Å². The molecule has 0 saturated carbocycles. The topological polar surface area (TPSA) is 70.6 Å². The van der Waals surface area contributed by atoms with Crippen LogP contribution in [-0.2, 0) is 9.84 Å². The summed E-state index contributed by atoms with van der Waals surface area (Å²) in [6.07, 6.45) is -4.83. The first-order valence-electron chi connectivity index (χ1n) is 8.90. The van der Waals surface area contributed by atoms with Gasteiger partial charge in [0.05, 0.1) is 23.6 Å². The molecule has 1 aromatic rings. The fourth-order valence-electron chi connectivity index (χ4n) is 2.34. The highest BCUT2D eigenvalue weighted by molar-refractivity contribution is 14.0. The van der Waals surface area contributed by atoms with Crippen molar-refractivity contribution in [3.05, 3.63) is 29.3 Å². The molecule has 0 heterocycles. The third-order valence-corrected chi connectivity index (χ3v) is 5.91. The molecule has 28 heavy (non-hydrogen) atoms. The van der Waals surface area contributed by atoms with Crippen molar-refractivity contribution < 1.29 is 21.6 Å². The number of rotatable bonds is 8. The average Bonchev–Trinajstić information content (AvgIpc) is 2.55. The van der Waals surface area contributed by atoms with Gasteiger partial charge in [0, 0.05) is 12.6 Å². The van der Waals surface area contributed by atoms with Gasteiger partial charge in [0.15, 0.2) is 15.8 Å². The molecule has 1 unspecified atom stereocenters. The van der Waals surface area contributed by atoms with Crippen molar-refractivity contribution in [1.82, 2.24) is 10.6 Å². The molecule has 0 amide bonds. The molecule has 0 aliphatic heterocycles. The van der Waals surface area contributed by atoms with Gasteiger partial charge in [-0.25, -0.2) is 8.42 Å². The van der Waals surface area contributed by atoms with Crippen LogP contribution in [0.25, 0.3) is 0 Å². The summed E-state index contributed by atoms with van der Waals surface area (Å²) in [6.45, 7) is 7.39. The summed E-state index contributed by atoms with van der Waals surface area (Å²) in [6, 6.07) is 4.51. The number of nitrogens with zero attached hydrogens (tertiary/aromatic N) is 1. The Labute approximate surface area is 182 Å².